The maximum absolute atomic E-state index is 13.6. The van der Waals surface area contributed by atoms with E-state index in [0.717, 1.165) is 57.8 Å². The number of piperazine rings is 1. The van der Waals surface area contributed by atoms with Gasteiger partial charge in [0.05, 0.1) is 0 Å². The van der Waals surface area contributed by atoms with E-state index in [0.29, 0.717) is 12.0 Å². The minimum absolute atomic E-state index is 0.130. The second-order valence-corrected chi connectivity index (χ2v) is 5.74. The van der Waals surface area contributed by atoms with Gasteiger partial charge in [0.25, 0.3) is 0 Å². The molecule has 0 radical (unpaired) electrons. The van der Waals surface area contributed by atoms with E-state index in [9.17, 15) is 4.39 Å². The van der Waals surface area contributed by atoms with Crippen molar-refractivity contribution in [1.82, 2.24) is 10.2 Å². The number of halogens is 1. The minimum Gasteiger partial charge on any atom is -0.381 e. The van der Waals surface area contributed by atoms with Gasteiger partial charge < -0.3 is 10.1 Å². The quantitative estimate of drug-likeness (QED) is 0.917. The van der Waals surface area contributed by atoms with E-state index < -0.39 is 0 Å². The van der Waals surface area contributed by atoms with Gasteiger partial charge in [0.2, 0.25) is 0 Å². The molecule has 4 heteroatoms. The zero-order chi connectivity index (χ0) is 13.8. The molecule has 3 rings (SSSR count). The number of hydrogen-bond acceptors (Lipinski definition) is 3. The number of ether oxygens (including phenoxy) is 1. The first-order chi connectivity index (χ1) is 9.84. The maximum Gasteiger partial charge on any atom is 0.123 e. The van der Waals surface area contributed by atoms with Crippen LogP contribution in [0, 0.1) is 11.7 Å². The number of benzene rings is 1. The van der Waals surface area contributed by atoms with Crippen molar-refractivity contribution in [3.05, 3.63) is 35.6 Å². The third kappa shape index (κ3) is 3.19. The summed E-state index contributed by atoms with van der Waals surface area (Å²) >= 11 is 0. The Labute approximate surface area is 120 Å². The highest BCUT2D eigenvalue weighted by Crippen LogP contribution is 2.35. The third-order valence-corrected chi connectivity index (χ3v) is 4.45. The highest BCUT2D eigenvalue weighted by molar-refractivity contribution is 5.21. The van der Waals surface area contributed by atoms with E-state index in [1.807, 2.05) is 6.07 Å². The Morgan fingerprint density at radius 2 is 1.95 bits per heavy atom. The zero-order valence-electron chi connectivity index (χ0n) is 11.9. The fourth-order valence-electron chi connectivity index (χ4n) is 3.46. The Bertz CT molecular complexity index is 410. The fourth-order valence-corrected chi connectivity index (χ4v) is 3.46. The second-order valence-electron chi connectivity index (χ2n) is 5.74. The van der Waals surface area contributed by atoms with Gasteiger partial charge in [-0.2, -0.15) is 0 Å². The van der Waals surface area contributed by atoms with E-state index in [4.69, 9.17) is 4.74 Å². The molecule has 110 valence electrons. The van der Waals surface area contributed by atoms with Crippen LogP contribution in [0.2, 0.25) is 0 Å². The summed E-state index contributed by atoms with van der Waals surface area (Å²) in [6.45, 7) is 5.80. The van der Waals surface area contributed by atoms with Crippen LogP contribution in [0.3, 0.4) is 0 Å². The van der Waals surface area contributed by atoms with Crippen molar-refractivity contribution >= 4 is 0 Å². The molecule has 0 spiro atoms. The molecule has 3 nitrogen and oxygen atoms in total. The summed E-state index contributed by atoms with van der Waals surface area (Å²) in [5.41, 5.74) is 1.12. The summed E-state index contributed by atoms with van der Waals surface area (Å²) in [6, 6.07) is 7.48. The molecule has 0 bridgehead atoms. The molecule has 2 aliphatic heterocycles. The number of nitrogens with zero attached hydrogens (tertiary/aromatic N) is 1. The van der Waals surface area contributed by atoms with Crippen LogP contribution in [0.15, 0.2) is 24.3 Å². The largest absolute Gasteiger partial charge is 0.381 e. The molecule has 1 aromatic carbocycles. The lowest BCUT2D eigenvalue weighted by Crippen LogP contribution is -2.47. The van der Waals surface area contributed by atoms with Gasteiger partial charge in [-0.05, 0) is 36.5 Å². The smallest absolute Gasteiger partial charge is 0.123 e. The SMILES string of the molecule is Fc1cccc([C@@H](C2CCOCC2)N2CCNCC2)c1. The zero-order valence-corrected chi connectivity index (χ0v) is 11.9. The Hall–Kier alpha value is -0.970. The summed E-state index contributed by atoms with van der Waals surface area (Å²) in [4.78, 5) is 2.52. The molecular formula is C16H23FN2O. The number of rotatable bonds is 3. The van der Waals surface area contributed by atoms with E-state index in [1.54, 1.807) is 6.07 Å². The van der Waals surface area contributed by atoms with Crippen molar-refractivity contribution in [3.8, 4) is 0 Å². The van der Waals surface area contributed by atoms with Crippen LogP contribution >= 0.6 is 0 Å². The van der Waals surface area contributed by atoms with Gasteiger partial charge in [0, 0.05) is 45.4 Å². The lowest BCUT2D eigenvalue weighted by Gasteiger charge is -2.41. The normalized spacial score (nSPS) is 23.6. The monoisotopic (exact) mass is 278 g/mol. The third-order valence-electron chi connectivity index (χ3n) is 4.45. The summed E-state index contributed by atoms with van der Waals surface area (Å²) in [5, 5.41) is 3.39. The van der Waals surface area contributed by atoms with Crippen molar-refractivity contribution in [2.45, 2.75) is 18.9 Å². The predicted molar refractivity (Wildman–Crippen MR) is 77.1 cm³/mol. The van der Waals surface area contributed by atoms with E-state index in [-0.39, 0.29) is 5.82 Å². The molecule has 2 heterocycles. The van der Waals surface area contributed by atoms with E-state index in [2.05, 4.69) is 16.3 Å². The topological polar surface area (TPSA) is 24.5 Å². The second kappa shape index (κ2) is 6.66. The van der Waals surface area contributed by atoms with Gasteiger partial charge in [-0.15, -0.1) is 0 Å². The molecule has 0 aliphatic carbocycles. The highest BCUT2D eigenvalue weighted by Gasteiger charge is 2.31. The highest BCUT2D eigenvalue weighted by atomic mass is 19.1. The van der Waals surface area contributed by atoms with Gasteiger partial charge in [0.15, 0.2) is 0 Å². The van der Waals surface area contributed by atoms with Gasteiger partial charge >= 0.3 is 0 Å². The summed E-state index contributed by atoms with van der Waals surface area (Å²) < 4.78 is 19.1. The molecule has 2 fully saturated rings. The number of nitrogens with one attached hydrogen (secondary N) is 1. The van der Waals surface area contributed by atoms with E-state index in [1.165, 1.54) is 6.07 Å². The first kappa shape index (κ1) is 14.0. The summed E-state index contributed by atoms with van der Waals surface area (Å²) in [5.74, 6) is 0.443. The average Bonchev–Trinajstić information content (AvgIpc) is 2.50. The average molecular weight is 278 g/mol. The first-order valence-corrected chi connectivity index (χ1v) is 7.62. The van der Waals surface area contributed by atoms with Crippen molar-refractivity contribution in [1.29, 1.82) is 0 Å². The first-order valence-electron chi connectivity index (χ1n) is 7.62. The fraction of sp³-hybridized carbons (Fsp3) is 0.625. The molecule has 0 saturated carbocycles. The molecule has 20 heavy (non-hydrogen) atoms. The molecule has 2 saturated heterocycles. The number of hydrogen-bond donors (Lipinski definition) is 1. The molecule has 1 N–H and O–H groups in total. The Morgan fingerprint density at radius 1 is 1.20 bits per heavy atom. The Kier molecular flexibility index (Phi) is 4.65. The molecular weight excluding hydrogens is 255 g/mol. The maximum atomic E-state index is 13.6. The van der Waals surface area contributed by atoms with Gasteiger partial charge in [0.1, 0.15) is 5.82 Å². The molecule has 0 aromatic heterocycles. The van der Waals surface area contributed by atoms with Gasteiger partial charge in [-0.3, -0.25) is 4.90 Å². The predicted octanol–water partition coefficient (Wildman–Crippen LogP) is 2.20. The van der Waals surface area contributed by atoms with E-state index >= 15 is 0 Å². The molecule has 0 unspecified atom stereocenters. The van der Waals surface area contributed by atoms with Gasteiger partial charge in [-0.25, -0.2) is 4.39 Å². The van der Waals surface area contributed by atoms with Crippen LogP contribution in [0.25, 0.3) is 0 Å². The van der Waals surface area contributed by atoms with Crippen LogP contribution in [-0.2, 0) is 4.74 Å². The molecule has 1 aromatic rings. The Balaban J connectivity index is 1.85. The van der Waals surface area contributed by atoms with Crippen LogP contribution in [0.4, 0.5) is 4.39 Å². The summed E-state index contributed by atoms with van der Waals surface area (Å²) in [7, 11) is 0. The standard InChI is InChI=1S/C16H23FN2O/c17-15-3-1-2-14(12-15)16(13-4-10-20-11-5-13)19-8-6-18-7-9-19/h1-3,12-13,16,18H,4-11H2/t16-/m1/s1. The summed E-state index contributed by atoms with van der Waals surface area (Å²) in [6.07, 6.45) is 2.15. The lowest BCUT2D eigenvalue weighted by molar-refractivity contribution is 0.0212. The van der Waals surface area contributed by atoms with Crippen molar-refractivity contribution in [3.63, 3.8) is 0 Å². The van der Waals surface area contributed by atoms with Crippen LogP contribution in [0.5, 0.6) is 0 Å². The minimum atomic E-state index is -0.130. The lowest BCUT2D eigenvalue weighted by atomic mass is 9.85. The van der Waals surface area contributed by atoms with Crippen molar-refractivity contribution in [2.24, 2.45) is 5.92 Å². The van der Waals surface area contributed by atoms with Crippen LogP contribution < -0.4 is 5.32 Å². The Morgan fingerprint density at radius 3 is 2.65 bits per heavy atom. The van der Waals surface area contributed by atoms with Crippen LogP contribution in [0.1, 0.15) is 24.4 Å². The van der Waals surface area contributed by atoms with Crippen molar-refractivity contribution in [2.75, 3.05) is 39.4 Å². The molecule has 2 aliphatic rings. The van der Waals surface area contributed by atoms with Crippen LogP contribution in [-0.4, -0.2) is 44.3 Å². The molecule has 1 atom stereocenters. The van der Waals surface area contributed by atoms with Crippen molar-refractivity contribution < 1.29 is 9.13 Å². The molecule has 0 amide bonds. The van der Waals surface area contributed by atoms with Gasteiger partial charge in [-0.1, -0.05) is 12.1 Å².